The molecule has 0 aliphatic carbocycles. The van der Waals surface area contributed by atoms with E-state index in [0.717, 1.165) is 17.8 Å². The van der Waals surface area contributed by atoms with E-state index >= 15 is 0 Å². The Morgan fingerprint density at radius 1 is 1.16 bits per heavy atom. The van der Waals surface area contributed by atoms with Gasteiger partial charge >= 0.3 is 11.9 Å². The van der Waals surface area contributed by atoms with E-state index in [1.807, 2.05) is 0 Å². The van der Waals surface area contributed by atoms with Crippen molar-refractivity contribution in [3.8, 4) is 0 Å². The SMILES string of the molecule is CCOC(=O)c1c(NC(=O)COC(=O)c2ccc(SC)c([N+](=O)[O-])c2)oc(C)c1C(C)=O. The van der Waals surface area contributed by atoms with Crippen molar-refractivity contribution in [2.75, 3.05) is 24.8 Å². The smallest absolute Gasteiger partial charge is 0.344 e. The number of thioether (sulfide) groups is 1. The third kappa shape index (κ3) is 5.52. The molecule has 1 aromatic carbocycles. The predicted molar refractivity (Wildman–Crippen MR) is 113 cm³/mol. The number of anilines is 1. The van der Waals surface area contributed by atoms with Gasteiger partial charge in [0.2, 0.25) is 5.88 Å². The van der Waals surface area contributed by atoms with Crippen LogP contribution in [0.2, 0.25) is 0 Å². The molecule has 2 aromatic rings. The molecule has 32 heavy (non-hydrogen) atoms. The molecule has 1 N–H and O–H groups in total. The van der Waals surface area contributed by atoms with Gasteiger partial charge in [0.1, 0.15) is 11.3 Å². The second-order valence-electron chi connectivity index (χ2n) is 6.28. The first-order chi connectivity index (χ1) is 15.1. The summed E-state index contributed by atoms with van der Waals surface area (Å²) in [6.45, 7) is 3.52. The third-order valence-corrected chi connectivity index (χ3v) is 4.90. The molecule has 0 atom stereocenters. The molecule has 0 spiro atoms. The summed E-state index contributed by atoms with van der Waals surface area (Å²) in [6.07, 6.45) is 1.66. The zero-order chi connectivity index (χ0) is 24.0. The monoisotopic (exact) mass is 464 g/mol. The number of nitrogens with zero attached hydrogens (tertiary/aromatic N) is 1. The molecule has 0 aliphatic rings. The second kappa shape index (κ2) is 10.6. The first-order valence-electron chi connectivity index (χ1n) is 9.21. The summed E-state index contributed by atoms with van der Waals surface area (Å²) in [5, 5.41) is 13.4. The molecule has 0 radical (unpaired) electrons. The highest BCUT2D eigenvalue weighted by molar-refractivity contribution is 7.98. The Balaban J connectivity index is 2.15. The first kappa shape index (κ1) is 24.6. The zero-order valence-corrected chi connectivity index (χ0v) is 18.5. The van der Waals surface area contributed by atoms with Crippen LogP contribution in [-0.4, -0.2) is 48.0 Å². The lowest BCUT2D eigenvalue weighted by atomic mass is 10.1. The molecule has 0 fully saturated rings. The van der Waals surface area contributed by atoms with Crippen LogP contribution in [0, 0.1) is 17.0 Å². The van der Waals surface area contributed by atoms with Crippen molar-refractivity contribution in [1.29, 1.82) is 0 Å². The number of hydrogen-bond acceptors (Lipinski definition) is 10. The highest BCUT2D eigenvalue weighted by atomic mass is 32.2. The molecule has 11 nitrogen and oxygen atoms in total. The lowest BCUT2D eigenvalue weighted by Crippen LogP contribution is -2.22. The molecule has 0 aliphatic heterocycles. The van der Waals surface area contributed by atoms with Crippen molar-refractivity contribution in [2.24, 2.45) is 0 Å². The number of benzene rings is 1. The summed E-state index contributed by atoms with van der Waals surface area (Å²) in [5.41, 5.74) is -0.641. The van der Waals surface area contributed by atoms with E-state index < -0.39 is 35.2 Å². The van der Waals surface area contributed by atoms with Gasteiger partial charge in [0.15, 0.2) is 12.4 Å². The summed E-state index contributed by atoms with van der Waals surface area (Å²) >= 11 is 1.15. The average molecular weight is 464 g/mol. The van der Waals surface area contributed by atoms with E-state index in [1.165, 1.54) is 26.0 Å². The van der Waals surface area contributed by atoms with Crippen molar-refractivity contribution in [2.45, 2.75) is 25.7 Å². The zero-order valence-electron chi connectivity index (χ0n) is 17.7. The summed E-state index contributed by atoms with van der Waals surface area (Å²) in [6, 6.07) is 3.80. The maximum atomic E-state index is 12.2. The van der Waals surface area contributed by atoms with E-state index in [0.29, 0.717) is 4.90 Å². The second-order valence-corrected chi connectivity index (χ2v) is 7.13. The van der Waals surface area contributed by atoms with E-state index in [4.69, 9.17) is 13.9 Å². The maximum absolute atomic E-state index is 12.2. The minimum Gasteiger partial charge on any atom is -0.462 e. The molecule has 1 amide bonds. The third-order valence-electron chi connectivity index (χ3n) is 4.11. The van der Waals surface area contributed by atoms with Gasteiger partial charge in [-0.05, 0) is 39.2 Å². The molecule has 0 bridgehead atoms. The van der Waals surface area contributed by atoms with Gasteiger partial charge in [-0.25, -0.2) is 9.59 Å². The van der Waals surface area contributed by atoms with Crippen LogP contribution in [0.5, 0.6) is 0 Å². The van der Waals surface area contributed by atoms with Gasteiger partial charge in [0.25, 0.3) is 11.6 Å². The lowest BCUT2D eigenvalue weighted by molar-refractivity contribution is -0.387. The van der Waals surface area contributed by atoms with E-state index in [-0.39, 0.29) is 40.6 Å². The number of nitro benzene ring substituents is 1. The summed E-state index contributed by atoms with van der Waals surface area (Å²) in [5.74, 6) is -3.34. The minimum absolute atomic E-state index is 0.0306. The van der Waals surface area contributed by atoms with Gasteiger partial charge in [0.05, 0.1) is 27.6 Å². The van der Waals surface area contributed by atoms with Crippen LogP contribution in [0.3, 0.4) is 0 Å². The van der Waals surface area contributed by atoms with Crippen LogP contribution >= 0.6 is 11.8 Å². The van der Waals surface area contributed by atoms with Crippen molar-refractivity contribution < 1.29 is 38.0 Å². The summed E-state index contributed by atoms with van der Waals surface area (Å²) in [7, 11) is 0. The predicted octanol–water partition coefficient (Wildman–Crippen LogP) is 3.39. The van der Waals surface area contributed by atoms with Gasteiger partial charge in [0, 0.05) is 6.07 Å². The molecule has 12 heteroatoms. The molecule has 0 unspecified atom stereocenters. The molecule has 0 saturated carbocycles. The lowest BCUT2D eigenvalue weighted by Gasteiger charge is -2.07. The summed E-state index contributed by atoms with van der Waals surface area (Å²) < 4.78 is 15.1. The number of esters is 2. The Hall–Kier alpha value is -3.67. The minimum atomic E-state index is -0.957. The largest absolute Gasteiger partial charge is 0.462 e. The Bertz CT molecular complexity index is 1090. The van der Waals surface area contributed by atoms with Crippen LogP contribution in [0.4, 0.5) is 11.6 Å². The number of aryl methyl sites for hydroxylation is 1. The number of nitro groups is 1. The number of hydrogen-bond donors (Lipinski definition) is 1. The maximum Gasteiger partial charge on any atom is 0.344 e. The van der Waals surface area contributed by atoms with E-state index in [1.54, 1.807) is 13.2 Å². The number of furan rings is 1. The Kier molecular flexibility index (Phi) is 8.13. The number of rotatable bonds is 9. The van der Waals surface area contributed by atoms with Crippen molar-refractivity contribution in [1.82, 2.24) is 0 Å². The number of amides is 1. The number of carbonyl (C=O) groups is 4. The van der Waals surface area contributed by atoms with Gasteiger partial charge < -0.3 is 13.9 Å². The molecule has 1 aromatic heterocycles. The fourth-order valence-corrected chi connectivity index (χ4v) is 3.34. The number of nitrogens with one attached hydrogen (secondary N) is 1. The first-order valence-corrected chi connectivity index (χ1v) is 10.4. The normalized spacial score (nSPS) is 10.4. The standard InChI is InChI=1S/C20H20N2O9S/c1-5-29-20(26)17-16(10(2)23)11(3)31-18(17)21-15(24)9-30-19(25)12-6-7-14(32-4)13(8-12)22(27)28/h6-8H,5,9H2,1-4H3,(H,21,24). The number of ketones is 1. The Labute approximate surface area is 186 Å². The Morgan fingerprint density at radius 3 is 2.41 bits per heavy atom. The fraction of sp³-hybridized carbons (Fsp3) is 0.300. The molecule has 2 rings (SSSR count). The topological polar surface area (TPSA) is 155 Å². The van der Waals surface area contributed by atoms with Crippen LogP contribution in [0.25, 0.3) is 0 Å². The highest BCUT2D eigenvalue weighted by Gasteiger charge is 2.29. The van der Waals surface area contributed by atoms with E-state index in [2.05, 4.69) is 5.32 Å². The Morgan fingerprint density at radius 2 is 1.84 bits per heavy atom. The number of ether oxygens (including phenoxy) is 2. The van der Waals surface area contributed by atoms with Crippen molar-refractivity contribution in [3.63, 3.8) is 0 Å². The van der Waals surface area contributed by atoms with Crippen LogP contribution < -0.4 is 5.32 Å². The van der Waals surface area contributed by atoms with Crippen LogP contribution in [0.15, 0.2) is 27.5 Å². The molecular formula is C20H20N2O9S. The van der Waals surface area contributed by atoms with Gasteiger partial charge in [-0.3, -0.25) is 25.0 Å². The molecule has 170 valence electrons. The molecule has 0 saturated heterocycles. The number of Topliss-reactive ketones (excluding diaryl/α,β-unsaturated/α-hetero) is 1. The van der Waals surface area contributed by atoms with Gasteiger partial charge in [-0.1, -0.05) is 0 Å². The van der Waals surface area contributed by atoms with Crippen molar-refractivity contribution >= 4 is 47.0 Å². The average Bonchev–Trinajstić information content (AvgIpc) is 3.07. The van der Waals surface area contributed by atoms with Gasteiger partial charge in [-0.2, -0.15) is 0 Å². The van der Waals surface area contributed by atoms with Crippen molar-refractivity contribution in [3.05, 3.63) is 50.8 Å². The van der Waals surface area contributed by atoms with Gasteiger partial charge in [-0.15, -0.1) is 11.8 Å². The fourth-order valence-electron chi connectivity index (χ4n) is 2.79. The summed E-state index contributed by atoms with van der Waals surface area (Å²) in [4.78, 5) is 59.5. The highest BCUT2D eigenvalue weighted by Crippen LogP contribution is 2.29. The number of carbonyl (C=O) groups excluding carboxylic acids is 4. The van der Waals surface area contributed by atoms with E-state index in [9.17, 15) is 29.3 Å². The van der Waals surface area contributed by atoms with Crippen LogP contribution in [0.1, 0.15) is 50.7 Å². The quantitative estimate of drug-likeness (QED) is 0.192. The molecule has 1 heterocycles. The molecular weight excluding hydrogens is 444 g/mol. The van der Waals surface area contributed by atoms with Crippen LogP contribution in [-0.2, 0) is 14.3 Å².